The minimum atomic E-state index is -0.365. The Morgan fingerprint density at radius 2 is 1.81 bits per heavy atom. The van der Waals surface area contributed by atoms with Crippen molar-refractivity contribution in [2.75, 3.05) is 0 Å². The van der Waals surface area contributed by atoms with Gasteiger partial charge in [0, 0.05) is 17.1 Å². The summed E-state index contributed by atoms with van der Waals surface area (Å²) < 4.78 is 26.5. The quantitative estimate of drug-likeness (QED) is 0.827. The molecule has 0 saturated heterocycles. The Bertz CT molecular complexity index is 648. The normalized spacial score (nSPS) is 10.8. The Balaban J connectivity index is 1.91. The fraction of sp³-hybridized carbons (Fsp3) is 0.0625. The van der Waals surface area contributed by atoms with E-state index in [1.165, 1.54) is 30.3 Å². The minimum absolute atomic E-state index is 0.225. The van der Waals surface area contributed by atoms with Crippen molar-refractivity contribution in [2.24, 2.45) is 0 Å². The van der Waals surface area contributed by atoms with Crippen LogP contribution in [0.1, 0.15) is 11.1 Å². The molecule has 0 fully saturated rings. The molecule has 0 unspecified atom stereocenters. The third-order valence-electron chi connectivity index (χ3n) is 2.69. The van der Waals surface area contributed by atoms with Gasteiger partial charge in [0.15, 0.2) is 0 Å². The van der Waals surface area contributed by atoms with Crippen molar-refractivity contribution < 1.29 is 13.6 Å². The second kappa shape index (κ2) is 7.13. The molecule has 2 nitrogen and oxygen atoms in total. The van der Waals surface area contributed by atoms with Crippen LogP contribution in [0.3, 0.4) is 0 Å². The van der Waals surface area contributed by atoms with Crippen LogP contribution in [0.25, 0.3) is 6.08 Å². The fourth-order valence-electron chi connectivity index (χ4n) is 1.71. The third-order valence-corrected chi connectivity index (χ3v) is 3.14. The molecule has 2 rings (SSSR count). The zero-order valence-electron chi connectivity index (χ0n) is 10.9. The summed E-state index contributed by atoms with van der Waals surface area (Å²) >= 11 is 3.19. The predicted octanol–water partition coefficient (Wildman–Crippen LogP) is 4.06. The number of nitrogens with one attached hydrogen (secondary N) is 1. The van der Waals surface area contributed by atoms with E-state index in [0.29, 0.717) is 10.0 Å². The number of benzene rings is 2. The van der Waals surface area contributed by atoms with Gasteiger partial charge in [0.25, 0.3) is 0 Å². The van der Waals surface area contributed by atoms with E-state index in [4.69, 9.17) is 0 Å². The summed E-state index contributed by atoms with van der Waals surface area (Å²) in [6, 6.07) is 10.2. The molecule has 2 aromatic carbocycles. The highest BCUT2D eigenvalue weighted by Gasteiger charge is 2.01. The van der Waals surface area contributed by atoms with E-state index in [9.17, 15) is 13.6 Å². The number of amides is 1. The molecule has 21 heavy (non-hydrogen) atoms. The molecular weight excluding hydrogens is 340 g/mol. The van der Waals surface area contributed by atoms with Gasteiger partial charge in [0.1, 0.15) is 11.6 Å². The van der Waals surface area contributed by atoms with Crippen LogP contribution in [0, 0.1) is 11.6 Å². The molecule has 1 N–H and O–H groups in total. The van der Waals surface area contributed by atoms with Crippen LogP contribution in [-0.4, -0.2) is 5.91 Å². The Morgan fingerprint density at radius 1 is 1.10 bits per heavy atom. The first-order chi connectivity index (χ1) is 10.0. The molecule has 2 aromatic rings. The highest BCUT2D eigenvalue weighted by molar-refractivity contribution is 9.10. The maximum atomic E-state index is 13.2. The average Bonchev–Trinajstić information content (AvgIpc) is 2.43. The summed E-state index contributed by atoms with van der Waals surface area (Å²) in [4.78, 5) is 11.6. The molecule has 0 atom stereocenters. The summed E-state index contributed by atoms with van der Waals surface area (Å²) in [6.45, 7) is 0.225. The summed E-state index contributed by atoms with van der Waals surface area (Å²) in [5, 5.41) is 2.65. The molecule has 0 aromatic heterocycles. The topological polar surface area (TPSA) is 29.1 Å². The lowest BCUT2D eigenvalue weighted by atomic mass is 10.2. The van der Waals surface area contributed by atoms with Crippen LogP contribution in [0.15, 0.2) is 53.0 Å². The van der Waals surface area contributed by atoms with Crippen molar-refractivity contribution in [1.29, 1.82) is 0 Å². The van der Waals surface area contributed by atoms with Gasteiger partial charge in [0.05, 0.1) is 0 Å². The Labute approximate surface area is 129 Å². The number of carbonyl (C=O) groups excluding carboxylic acids is 1. The second-order valence-corrected chi connectivity index (χ2v) is 5.30. The number of carbonyl (C=O) groups is 1. The Hall–Kier alpha value is -2.01. The zero-order chi connectivity index (χ0) is 15.2. The van der Waals surface area contributed by atoms with Gasteiger partial charge in [-0.3, -0.25) is 4.79 Å². The first-order valence-electron chi connectivity index (χ1n) is 6.19. The van der Waals surface area contributed by atoms with E-state index in [2.05, 4.69) is 21.2 Å². The lowest BCUT2D eigenvalue weighted by Gasteiger charge is -2.04. The van der Waals surface area contributed by atoms with Crippen molar-refractivity contribution in [3.8, 4) is 0 Å². The molecule has 0 aliphatic carbocycles. The van der Waals surface area contributed by atoms with E-state index in [1.54, 1.807) is 24.3 Å². The summed E-state index contributed by atoms with van der Waals surface area (Å²) in [6.07, 6.45) is 2.93. The highest BCUT2D eigenvalue weighted by Crippen LogP contribution is 2.14. The van der Waals surface area contributed by atoms with E-state index < -0.39 is 0 Å². The van der Waals surface area contributed by atoms with Gasteiger partial charge in [-0.25, -0.2) is 8.78 Å². The smallest absolute Gasteiger partial charge is 0.244 e. The van der Waals surface area contributed by atoms with E-state index in [1.807, 2.05) is 0 Å². The van der Waals surface area contributed by atoms with E-state index >= 15 is 0 Å². The van der Waals surface area contributed by atoms with E-state index in [-0.39, 0.29) is 24.1 Å². The van der Waals surface area contributed by atoms with Crippen LogP contribution in [-0.2, 0) is 11.3 Å². The van der Waals surface area contributed by atoms with Crippen molar-refractivity contribution in [3.63, 3.8) is 0 Å². The monoisotopic (exact) mass is 351 g/mol. The van der Waals surface area contributed by atoms with Crippen molar-refractivity contribution in [3.05, 3.63) is 75.8 Å². The van der Waals surface area contributed by atoms with Crippen LogP contribution < -0.4 is 5.32 Å². The predicted molar refractivity (Wildman–Crippen MR) is 81.4 cm³/mol. The van der Waals surface area contributed by atoms with Crippen LogP contribution >= 0.6 is 15.9 Å². The maximum Gasteiger partial charge on any atom is 0.244 e. The largest absolute Gasteiger partial charge is 0.348 e. The average molecular weight is 352 g/mol. The Morgan fingerprint density at radius 3 is 2.48 bits per heavy atom. The van der Waals surface area contributed by atoms with Gasteiger partial charge in [-0.05, 0) is 47.5 Å². The molecule has 5 heteroatoms. The first-order valence-corrected chi connectivity index (χ1v) is 6.99. The minimum Gasteiger partial charge on any atom is -0.348 e. The van der Waals surface area contributed by atoms with Gasteiger partial charge in [0.2, 0.25) is 5.91 Å². The molecule has 0 spiro atoms. The first kappa shape index (κ1) is 15.4. The fourth-order valence-corrected chi connectivity index (χ4v) is 2.22. The number of hydrogen-bond acceptors (Lipinski definition) is 1. The van der Waals surface area contributed by atoms with Crippen molar-refractivity contribution in [2.45, 2.75) is 6.54 Å². The van der Waals surface area contributed by atoms with Crippen molar-refractivity contribution >= 4 is 27.9 Å². The van der Waals surface area contributed by atoms with Crippen LogP contribution in [0.2, 0.25) is 0 Å². The van der Waals surface area contributed by atoms with Crippen molar-refractivity contribution in [1.82, 2.24) is 5.32 Å². The lowest BCUT2D eigenvalue weighted by molar-refractivity contribution is -0.116. The molecule has 1 amide bonds. The molecule has 0 aliphatic heterocycles. The number of rotatable bonds is 4. The van der Waals surface area contributed by atoms with E-state index in [0.717, 1.165) is 5.56 Å². The highest BCUT2D eigenvalue weighted by atomic mass is 79.9. The molecule has 0 saturated carbocycles. The summed E-state index contributed by atoms with van der Waals surface area (Å²) in [7, 11) is 0. The maximum absolute atomic E-state index is 13.2. The second-order valence-electron chi connectivity index (χ2n) is 4.38. The van der Waals surface area contributed by atoms with Gasteiger partial charge < -0.3 is 5.32 Å². The van der Waals surface area contributed by atoms with Gasteiger partial charge in [-0.2, -0.15) is 0 Å². The molecule has 0 radical (unpaired) electrons. The van der Waals surface area contributed by atoms with Crippen LogP contribution in [0.4, 0.5) is 8.78 Å². The number of hydrogen-bond donors (Lipinski definition) is 1. The third kappa shape index (κ3) is 5.11. The lowest BCUT2D eigenvalue weighted by Crippen LogP contribution is -2.20. The Kier molecular flexibility index (Phi) is 5.22. The summed E-state index contributed by atoms with van der Waals surface area (Å²) in [5.74, 6) is -0.997. The molecule has 0 bridgehead atoms. The molecular formula is C16H12BrF2NO. The van der Waals surface area contributed by atoms with Gasteiger partial charge >= 0.3 is 0 Å². The molecule has 0 aliphatic rings. The van der Waals surface area contributed by atoms with Gasteiger partial charge in [-0.1, -0.05) is 28.1 Å². The number of halogens is 3. The SMILES string of the molecule is O=C(/C=C/c1ccc(F)cc1)NCc1cc(F)cc(Br)c1. The summed E-state index contributed by atoms with van der Waals surface area (Å²) in [5.41, 5.74) is 1.38. The molecule has 0 heterocycles. The molecule has 108 valence electrons. The standard InChI is InChI=1S/C16H12BrF2NO/c17-13-7-12(8-15(19)9-13)10-20-16(21)6-3-11-1-4-14(18)5-2-11/h1-9H,10H2,(H,20,21)/b6-3+. The zero-order valence-corrected chi connectivity index (χ0v) is 12.5. The van der Waals surface area contributed by atoms with Gasteiger partial charge in [-0.15, -0.1) is 0 Å². The van der Waals surface area contributed by atoms with Crippen LogP contribution in [0.5, 0.6) is 0 Å².